The van der Waals surface area contributed by atoms with Crippen LogP contribution in [0.3, 0.4) is 0 Å². The summed E-state index contributed by atoms with van der Waals surface area (Å²) in [6, 6.07) is 23.9. The first-order valence-electron chi connectivity index (χ1n) is 12.4. The number of benzene rings is 3. The number of ether oxygens (including phenoxy) is 3. The second-order valence-electron chi connectivity index (χ2n) is 8.81. The number of esters is 1. The Kier molecular flexibility index (Phi) is 8.78. The van der Waals surface area contributed by atoms with Crippen LogP contribution in [0.1, 0.15) is 18.1 Å². The molecule has 0 fully saturated rings. The SMILES string of the molecule is COC(=O)C1=C(C)N(CCc2ccccc2)C(=O)/C1=C\c1ccc(OCC(=O)Nc2ccccc2OC)cc1. The summed E-state index contributed by atoms with van der Waals surface area (Å²) in [5, 5.41) is 2.76. The maximum Gasteiger partial charge on any atom is 0.340 e. The summed E-state index contributed by atoms with van der Waals surface area (Å²) in [5.41, 5.74) is 3.45. The molecule has 1 aliphatic rings. The Morgan fingerprint density at radius 2 is 1.62 bits per heavy atom. The minimum Gasteiger partial charge on any atom is -0.495 e. The van der Waals surface area contributed by atoms with E-state index in [2.05, 4.69) is 5.32 Å². The molecule has 0 atom stereocenters. The molecule has 8 heteroatoms. The summed E-state index contributed by atoms with van der Waals surface area (Å²) in [6.07, 6.45) is 2.32. The van der Waals surface area contributed by atoms with Gasteiger partial charge in [0.15, 0.2) is 6.61 Å². The zero-order valence-corrected chi connectivity index (χ0v) is 22.1. The summed E-state index contributed by atoms with van der Waals surface area (Å²) in [4.78, 5) is 39.9. The molecule has 3 aromatic carbocycles. The van der Waals surface area contributed by atoms with Crippen LogP contribution in [0.5, 0.6) is 11.5 Å². The Hall–Kier alpha value is -4.85. The number of nitrogens with zero attached hydrogens (tertiary/aromatic N) is 1. The molecule has 0 spiro atoms. The van der Waals surface area contributed by atoms with E-state index in [1.54, 1.807) is 60.4 Å². The van der Waals surface area contributed by atoms with Gasteiger partial charge in [-0.05, 0) is 54.8 Å². The molecule has 0 unspecified atom stereocenters. The molecule has 2 amide bonds. The van der Waals surface area contributed by atoms with E-state index in [1.807, 2.05) is 36.4 Å². The second-order valence-corrected chi connectivity index (χ2v) is 8.81. The van der Waals surface area contributed by atoms with Crippen molar-refractivity contribution in [3.63, 3.8) is 0 Å². The van der Waals surface area contributed by atoms with E-state index in [0.29, 0.717) is 41.4 Å². The van der Waals surface area contributed by atoms with Crippen molar-refractivity contribution in [1.82, 2.24) is 4.90 Å². The van der Waals surface area contributed by atoms with Gasteiger partial charge in [-0.25, -0.2) is 4.79 Å². The van der Waals surface area contributed by atoms with Crippen LogP contribution in [-0.2, 0) is 25.5 Å². The van der Waals surface area contributed by atoms with Crippen molar-refractivity contribution in [3.8, 4) is 11.5 Å². The Bertz CT molecular complexity index is 1410. The minimum absolute atomic E-state index is 0.193. The van der Waals surface area contributed by atoms with Crippen LogP contribution in [0.2, 0.25) is 0 Å². The number of para-hydroxylation sites is 2. The van der Waals surface area contributed by atoms with E-state index in [4.69, 9.17) is 14.2 Å². The van der Waals surface area contributed by atoms with Gasteiger partial charge in [0, 0.05) is 12.2 Å². The topological polar surface area (TPSA) is 94.2 Å². The van der Waals surface area contributed by atoms with Crippen LogP contribution in [0.15, 0.2) is 95.7 Å². The van der Waals surface area contributed by atoms with Crippen molar-refractivity contribution < 1.29 is 28.6 Å². The molecule has 1 aliphatic heterocycles. The van der Waals surface area contributed by atoms with E-state index in [-0.39, 0.29) is 29.6 Å². The third-order valence-electron chi connectivity index (χ3n) is 6.31. The molecular formula is C31H30N2O6. The minimum atomic E-state index is -0.560. The number of hydrogen-bond acceptors (Lipinski definition) is 6. The van der Waals surface area contributed by atoms with Crippen LogP contribution < -0.4 is 14.8 Å². The van der Waals surface area contributed by atoms with Crippen LogP contribution >= 0.6 is 0 Å². The van der Waals surface area contributed by atoms with Gasteiger partial charge in [-0.3, -0.25) is 9.59 Å². The molecule has 0 saturated carbocycles. The molecule has 0 bridgehead atoms. The van der Waals surface area contributed by atoms with Gasteiger partial charge in [-0.2, -0.15) is 0 Å². The Morgan fingerprint density at radius 1 is 0.923 bits per heavy atom. The number of rotatable bonds is 10. The van der Waals surface area contributed by atoms with E-state index in [9.17, 15) is 14.4 Å². The fourth-order valence-corrected chi connectivity index (χ4v) is 4.29. The third kappa shape index (κ3) is 6.54. The zero-order chi connectivity index (χ0) is 27.8. The van der Waals surface area contributed by atoms with Crippen molar-refractivity contribution >= 4 is 29.5 Å². The predicted octanol–water partition coefficient (Wildman–Crippen LogP) is 4.63. The molecule has 4 rings (SSSR count). The molecule has 0 aromatic heterocycles. The van der Waals surface area contributed by atoms with Gasteiger partial charge in [0.05, 0.1) is 31.1 Å². The van der Waals surface area contributed by atoms with Gasteiger partial charge < -0.3 is 24.4 Å². The smallest absolute Gasteiger partial charge is 0.340 e. The lowest BCUT2D eigenvalue weighted by Crippen LogP contribution is -2.27. The maximum absolute atomic E-state index is 13.3. The fourth-order valence-electron chi connectivity index (χ4n) is 4.29. The number of hydrogen-bond donors (Lipinski definition) is 1. The highest BCUT2D eigenvalue weighted by Crippen LogP contribution is 2.32. The summed E-state index contributed by atoms with van der Waals surface area (Å²) in [7, 11) is 2.83. The van der Waals surface area contributed by atoms with Crippen LogP contribution in [0.4, 0.5) is 5.69 Å². The lowest BCUT2D eigenvalue weighted by Gasteiger charge is -2.17. The van der Waals surface area contributed by atoms with Gasteiger partial charge in [0.1, 0.15) is 11.5 Å². The molecule has 1 heterocycles. The van der Waals surface area contributed by atoms with E-state index < -0.39 is 5.97 Å². The molecule has 39 heavy (non-hydrogen) atoms. The second kappa shape index (κ2) is 12.6. The van der Waals surface area contributed by atoms with Crippen LogP contribution in [-0.4, -0.2) is 50.1 Å². The van der Waals surface area contributed by atoms with Crippen molar-refractivity contribution in [2.45, 2.75) is 13.3 Å². The number of methoxy groups -OCH3 is 2. The number of carbonyl (C=O) groups is 3. The molecule has 1 N–H and O–H groups in total. The van der Waals surface area contributed by atoms with Gasteiger partial charge in [-0.1, -0.05) is 54.6 Å². The van der Waals surface area contributed by atoms with E-state index in [1.165, 1.54) is 14.2 Å². The summed E-state index contributed by atoms with van der Waals surface area (Å²) >= 11 is 0. The number of nitrogens with one attached hydrogen (secondary N) is 1. The average Bonchev–Trinajstić information content (AvgIpc) is 3.19. The summed E-state index contributed by atoms with van der Waals surface area (Å²) < 4.78 is 15.8. The quantitative estimate of drug-likeness (QED) is 0.306. The van der Waals surface area contributed by atoms with Crippen molar-refractivity contribution in [2.75, 3.05) is 32.7 Å². The molecule has 3 aromatic rings. The van der Waals surface area contributed by atoms with Crippen LogP contribution in [0.25, 0.3) is 6.08 Å². The molecule has 0 aliphatic carbocycles. The predicted molar refractivity (Wildman–Crippen MR) is 148 cm³/mol. The van der Waals surface area contributed by atoms with Crippen LogP contribution in [0, 0.1) is 0 Å². The molecular weight excluding hydrogens is 496 g/mol. The monoisotopic (exact) mass is 526 g/mol. The van der Waals surface area contributed by atoms with Gasteiger partial charge in [0.2, 0.25) is 0 Å². The standard InChI is InChI=1S/C31H30N2O6/c1-21-29(31(36)38-3)25(30(35)33(21)18-17-22-9-5-4-6-10-22)19-23-13-15-24(16-14-23)39-20-28(34)32-26-11-7-8-12-27(26)37-2/h4-16,19H,17-18,20H2,1-3H3,(H,32,34)/b25-19-. The summed E-state index contributed by atoms with van der Waals surface area (Å²) in [5.74, 6) is -0.109. The number of amides is 2. The van der Waals surface area contributed by atoms with Crippen molar-refractivity contribution in [3.05, 3.63) is 107 Å². The third-order valence-corrected chi connectivity index (χ3v) is 6.31. The Balaban J connectivity index is 1.44. The zero-order valence-electron chi connectivity index (χ0n) is 22.1. The highest BCUT2D eigenvalue weighted by atomic mass is 16.5. The average molecular weight is 527 g/mol. The lowest BCUT2D eigenvalue weighted by molar-refractivity contribution is -0.136. The first kappa shape index (κ1) is 27.2. The lowest BCUT2D eigenvalue weighted by atomic mass is 10.0. The largest absolute Gasteiger partial charge is 0.495 e. The maximum atomic E-state index is 13.3. The van der Waals surface area contributed by atoms with Crippen molar-refractivity contribution in [2.24, 2.45) is 0 Å². The fraction of sp³-hybridized carbons (Fsp3) is 0.194. The van der Waals surface area contributed by atoms with E-state index >= 15 is 0 Å². The number of carbonyl (C=O) groups excluding carboxylic acids is 3. The van der Waals surface area contributed by atoms with E-state index in [0.717, 1.165) is 5.56 Å². The van der Waals surface area contributed by atoms with Gasteiger partial charge in [-0.15, -0.1) is 0 Å². The first-order chi connectivity index (χ1) is 18.9. The summed E-state index contributed by atoms with van der Waals surface area (Å²) in [6.45, 7) is 2.00. The number of anilines is 1. The molecule has 8 nitrogen and oxygen atoms in total. The molecule has 0 radical (unpaired) electrons. The Morgan fingerprint density at radius 3 is 2.31 bits per heavy atom. The number of allylic oxidation sites excluding steroid dienone is 1. The Labute approximate surface area is 227 Å². The highest BCUT2D eigenvalue weighted by Gasteiger charge is 2.36. The normalized spacial score (nSPS) is 14.0. The highest BCUT2D eigenvalue weighted by molar-refractivity contribution is 6.16. The first-order valence-corrected chi connectivity index (χ1v) is 12.4. The molecule has 0 saturated heterocycles. The van der Waals surface area contributed by atoms with Gasteiger partial charge >= 0.3 is 5.97 Å². The van der Waals surface area contributed by atoms with Gasteiger partial charge in [0.25, 0.3) is 11.8 Å². The molecule has 200 valence electrons. The van der Waals surface area contributed by atoms with Crippen molar-refractivity contribution in [1.29, 1.82) is 0 Å².